The Balaban J connectivity index is 1.93. The third-order valence-electron chi connectivity index (χ3n) is 3.73. The zero-order valence-electron chi connectivity index (χ0n) is 12.0. The molecule has 1 N–H and O–H groups in total. The Hall–Kier alpha value is -1.51. The second-order valence-corrected chi connectivity index (χ2v) is 6.03. The van der Waals surface area contributed by atoms with Gasteiger partial charge in [-0.3, -0.25) is 4.79 Å². The van der Waals surface area contributed by atoms with E-state index in [0.29, 0.717) is 23.6 Å². The normalized spacial score (nSPS) is 21.1. The third-order valence-corrected chi connectivity index (χ3v) is 3.73. The molecule has 1 aromatic rings. The average Bonchev–Trinajstić information content (AvgIpc) is 2.70. The molecule has 1 saturated carbocycles. The predicted molar refractivity (Wildman–Crippen MR) is 76.5 cm³/mol. The van der Waals surface area contributed by atoms with Crippen LogP contribution in [0.3, 0.4) is 0 Å². The van der Waals surface area contributed by atoms with E-state index in [1.165, 1.54) is 6.42 Å². The van der Waals surface area contributed by atoms with Crippen LogP contribution in [0.25, 0.3) is 0 Å². The van der Waals surface area contributed by atoms with Crippen molar-refractivity contribution in [2.45, 2.75) is 46.1 Å². The summed E-state index contributed by atoms with van der Waals surface area (Å²) in [6.45, 7) is 7.11. The first kappa shape index (κ1) is 13.9. The highest BCUT2D eigenvalue weighted by molar-refractivity contribution is 5.94. The second-order valence-electron chi connectivity index (χ2n) is 6.03. The van der Waals surface area contributed by atoms with Crippen LogP contribution in [0.5, 0.6) is 5.75 Å². The molecule has 0 saturated heterocycles. The monoisotopic (exact) mass is 261 g/mol. The van der Waals surface area contributed by atoms with Crippen molar-refractivity contribution in [1.82, 2.24) is 5.32 Å². The molecule has 19 heavy (non-hydrogen) atoms. The van der Waals surface area contributed by atoms with Crippen molar-refractivity contribution in [3.8, 4) is 5.75 Å². The molecule has 0 radical (unpaired) electrons. The van der Waals surface area contributed by atoms with Gasteiger partial charge in [0.1, 0.15) is 5.75 Å². The summed E-state index contributed by atoms with van der Waals surface area (Å²) in [5.74, 6) is 0.826. The van der Waals surface area contributed by atoms with Gasteiger partial charge in [0, 0.05) is 11.6 Å². The minimum absolute atomic E-state index is 0.0192. The molecule has 1 amide bonds. The van der Waals surface area contributed by atoms with Crippen LogP contribution in [0.2, 0.25) is 0 Å². The Bertz CT molecular complexity index is 437. The molecule has 1 aliphatic rings. The molecule has 3 nitrogen and oxygen atoms in total. The number of carbonyl (C=O) groups excluding carboxylic acids is 1. The average molecular weight is 261 g/mol. The van der Waals surface area contributed by atoms with Crippen LogP contribution in [0.4, 0.5) is 0 Å². The van der Waals surface area contributed by atoms with Crippen LogP contribution in [-0.2, 0) is 0 Å². The third kappa shape index (κ3) is 3.72. The summed E-state index contributed by atoms with van der Waals surface area (Å²) in [7, 11) is 0. The molecule has 0 aliphatic heterocycles. The SMILES string of the molecule is CCOc1ccc(C(=O)NC2CCC(C)(C)C2)cc1. The predicted octanol–water partition coefficient (Wildman–Crippen LogP) is 3.39. The quantitative estimate of drug-likeness (QED) is 0.902. The van der Waals surface area contributed by atoms with E-state index in [0.717, 1.165) is 18.6 Å². The number of hydrogen-bond donors (Lipinski definition) is 1. The molecule has 1 fully saturated rings. The molecule has 1 aromatic carbocycles. The van der Waals surface area contributed by atoms with Crippen LogP contribution in [-0.4, -0.2) is 18.6 Å². The van der Waals surface area contributed by atoms with E-state index >= 15 is 0 Å². The summed E-state index contributed by atoms with van der Waals surface area (Å²) in [5.41, 5.74) is 1.06. The Kier molecular flexibility index (Phi) is 4.13. The molecule has 104 valence electrons. The molecule has 3 heteroatoms. The van der Waals surface area contributed by atoms with Crippen molar-refractivity contribution in [3.05, 3.63) is 29.8 Å². The lowest BCUT2D eigenvalue weighted by molar-refractivity contribution is 0.0936. The standard InChI is InChI=1S/C16H23NO2/c1-4-19-14-7-5-12(6-8-14)15(18)17-13-9-10-16(2,3)11-13/h5-8,13H,4,9-11H2,1-3H3,(H,17,18). The lowest BCUT2D eigenvalue weighted by atomic mass is 9.92. The van der Waals surface area contributed by atoms with E-state index in [4.69, 9.17) is 4.74 Å². The van der Waals surface area contributed by atoms with Gasteiger partial charge in [-0.2, -0.15) is 0 Å². The molecule has 0 aromatic heterocycles. The van der Waals surface area contributed by atoms with Gasteiger partial charge in [-0.05, 0) is 55.9 Å². The summed E-state index contributed by atoms with van der Waals surface area (Å²) in [6, 6.07) is 7.64. The molecule has 1 unspecified atom stereocenters. The van der Waals surface area contributed by atoms with Crippen LogP contribution in [0, 0.1) is 5.41 Å². The second kappa shape index (κ2) is 5.64. The van der Waals surface area contributed by atoms with Gasteiger partial charge in [-0.1, -0.05) is 13.8 Å². The summed E-state index contributed by atoms with van der Waals surface area (Å²) in [4.78, 5) is 12.1. The highest BCUT2D eigenvalue weighted by Crippen LogP contribution is 2.36. The molecular weight excluding hydrogens is 238 g/mol. The van der Waals surface area contributed by atoms with E-state index in [-0.39, 0.29) is 5.91 Å². The van der Waals surface area contributed by atoms with Gasteiger partial charge >= 0.3 is 0 Å². The Labute approximate surface area is 115 Å². The lowest BCUT2D eigenvalue weighted by Crippen LogP contribution is -2.33. The van der Waals surface area contributed by atoms with E-state index in [9.17, 15) is 4.79 Å². The number of hydrogen-bond acceptors (Lipinski definition) is 2. The number of rotatable bonds is 4. The fourth-order valence-electron chi connectivity index (χ4n) is 2.70. The fraction of sp³-hybridized carbons (Fsp3) is 0.562. The van der Waals surface area contributed by atoms with Crippen molar-refractivity contribution in [2.75, 3.05) is 6.61 Å². The zero-order valence-corrected chi connectivity index (χ0v) is 12.0. The molecule has 0 heterocycles. The van der Waals surface area contributed by atoms with Gasteiger partial charge in [0.15, 0.2) is 0 Å². The van der Waals surface area contributed by atoms with Gasteiger partial charge in [0.05, 0.1) is 6.61 Å². The number of ether oxygens (including phenoxy) is 1. The van der Waals surface area contributed by atoms with E-state index in [1.54, 1.807) is 0 Å². The zero-order chi connectivity index (χ0) is 13.9. The van der Waals surface area contributed by atoms with Gasteiger partial charge < -0.3 is 10.1 Å². The van der Waals surface area contributed by atoms with Crippen molar-refractivity contribution in [2.24, 2.45) is 5.41 Å². The minimum atomic E-state index is 0.0192. The molecular formula is C16H23NO2. The van der Waals surface area contributed by atoms with Crippen LogP contribution in [0.1, 0.15) is 50.4 Å². The largest absolute Gasteiger partial charge is 0.494 e. The first-order chi connectivity index (χ1) is 9.00. The minimum Gasteiger partial charge on any atom is -0.494 e. The van der Waals surface area contributed by atoms with Crippen molar-refractivity contribution >= 4 is 5.91 Å². The Morgan fingerprint density at radius 1 is 1.37 bits per heavy atom. The number of carbonyl (C=O) groups is 1. The highest BCUT2D eigenvalue weighted by Gasteiger charge is 2.31. The van der Waals surface area contributed by atoms with Crippen molar-refractivity contribution in [1.29, 1.82) is 0 Å². The maximum atomic E-state index is 12.1. The first-order valence-electron chi connectivity index (χ1n) is 7.04. The van der Waals surface area contributed by atoms with Gasteiger partial charge in [-0.15, -0.1) is 0 Å². The lowest BCUT2D eigenvalue weighted by Gasteiger charge is -2.18. The maximum absolute atomic E-state index is 12.1. The van der Waals surface area contributed by atoms with Crippen molar-refractivity contribution < 1.29 is 9.53 Å². The van der Waals surface area contributed by atoms with E-state index in [2.05, 4.69) is 19.2 Å². The van der Waals surface area contributed by atoms with Crippen LogP contribution >= 0.6 is 0 Å². The van der Waals surface area contributed by atoms with Crippen molar-refractivity contribution in [3.63, 3.8) is 0 Å². The maximum Gasteiger partial charge on any atom is 0.251 e. The van der Waals surface area contributed by atoms with Crippen LogP contribution < -0.4 is 10.1 Å². The van der Waals surface area contributed by atoms with Gasteiger partial charge in [0.2, 0.25) is 0 Å². The first-order valence-corrected chi connectivity index (χ1v) is 7.04. The molecule has 1 aliphatic carbocycles. The number of benzene rings is 1. The summed E-state index contributed by atoms with van der Waals surface area (Å²) < 4.78 is 5.37. The molecule has 2 rings (SSSR count). The smallest absolute Gasteiger partial charge is 0.251 e. The number of nitrogens with one attached hydrogen (secondary N) is 1. The summed E-state index contributed by atoms with van der Waals surface area (Å²) in [6.07, 6.45) is 3.33. The molecule has 0 spiro atoms. The van der Waals surface area contributed by atoms with Gasteiger partial charge in [-0.25, -0.2) is 0 Å². The fourth-order valence-corrected chi connectivity index (χ4v) is 2.70. The van der Waals surface area contributed by atoms with Gasteiger partial charge in [0.25, 0.3) is 5.91 Å². The highest BCUT2D eigenvalue weighted by atomic mass is 16.5. The summed E-state index contributed by atoms with van der Waals surface area (Å²) in [5, 5.41) is 3.12. The summed E-state index contributed by atoms with van der Waals surface area (Å²) >= 11 is 0. The Morgan fingerprint density at radius 2 is 2.05 bits per heavy atom. The topological polar surface area (TPSA) is 38.3 Å². The Morgan fingerprint density at radius 3 is 2.58 bits per heavy atom. The van der Waals surface area contributed by atoms with E-state index < -0.39 is 0 Å². The van der Waals surface area contributed by atoms with E-state index in [1.807, 2.05) is 31.2 Å². The van der Waals surface area contributed by atoms with Crippen LogP contribution in [0.15, 0.2) is 24.3 Å². The number of amides is 1. The molecule has 1 atom stereocenters. The molecule has 0 bridgehead atoms.